The Morgan fingerprint density at radius 1 is 1.23 bits per heavy atom. The summed E-state index contributed by atoms with van der Waals surface area (Å²) in [6.07, 6.45) is 8.00. The van der Waals surface area contributed by atoms with Crippen molar-refractivity contribution in [3.63, 3.8) is 0 Å². The van der Waals surface area contributed by atoms with Crippen molar-refractivity contribution in [2.45, 2.75) is 57.0 Å². The lowest BCUT2D eigenvalue weighted by Crippen LogP contribution is -2.53. The van der Waals surface area contributed by atoms with Crippen LogP contribution in [0.5, 0.6) is 0 Å². The van der Waals surface area contributed by atoms with E-state index in [1.165, 1.54) is 49.9 Å². The Balaban J connectivity index is 1.50. The van der Waals surface area contributed by atoms with Crippen molar-refractivity contribution in [1.29, 1.82) is 0 Å². The van der Waals surface area contributed by atoms with Crippen LogP contribution in [0.15, 0.2) is 23.6 Å². The van der Waals surface area contributed by atoms with Gasteiger partial charge in [-0.15, -0.1) is 11.3 Å². The number of likely N-dealkylation sites (N-methyl/N-ethyl adjacent to an activating group) is 1. The van der Waals surface area contributed by atoms with Gasteiger partial charge in [0.1, 0.15) is 0 Å². The summed E-state index contributed by atoms with van der Waals surface area (Å²) in [6.45, 7) is 2.41. The third-order valence-electron chi connectivity index (χ3n) is 6.15. The standard InChI is InChI=1S/C21H27ClN2OS/c1-23(18-6-2-3-7-19(18)24-10-4-5-11-24)21(25)12-15-14-26-20-9-8-16(22)13-17(15)20/h8-9,13-14,18-19H,2-7,10-12H2,1H3. The smallest absolute Gasteiger partial charge is 0.227 e. The molecule has 4 rings (SSSR count). The van der Waals surface area contributed by atoms with Crippen molar-refractivity contribution in [2.24, 2.45) is 0 Å². The van der Waals surface area contributed by atoms with E-state index in [9.17, 15) is 4.79 Å². The Morgan fingerprint density at radius 2 is 2.00 bits per heavy atom. The van der Waals surface area contributed by atoms with Gasteiger partial charge in [0.25, 0.3) is 0 Å². The molecule has 0 N–H and O–H groups in total. The third-order valence-corrected chi connectivity index (χ3v) is 7.40. The number of halogens is 1. The number of fused-ring (bicyclic) bond motifs is 1. The van der Waals surface area contributed by atoms with Gasteiger partial charge in [-0.05, 0) is 73.3 Å². The Bertz CT molecular complexity index is 783. The minimum absolute atomic E-state index is 0.237. The summed E-state index contributed by atoms with van der Waals surface area (Å²) in [4.78, 5) is 17.8. The fourth-order valence-corrected chi connectivity index (χ4v) is 5.82. The number of likely N-dealkylation sites (tertiary alicyclic amines) is 1. The number of amides is 1. The molecule has 1 aromatic carbocycles. The quantitative estimate of drug-likeness (QED) is 0.736. The molecular weight excluding hydrogens is 364 g/mol. The Hall–Kier alpha value is -1.10. The topological polar surface area (TPSA) is 23.6 Å². The van der Waals surface area contributed by atoms with Crippen LogP contribution in [0.3, 0.4) is 0 Å². The van der Waals surface area contributed by atoms with Crippen LogP contribution in [0.4, 0.5) is 0 Å². The van der Waals surface area contributed by atoms with Crippen molar-refractivity contribution < 1.29 is 4.79 Å². The van der Waals surface area contributed by atoms with E-state index in [0.717, 1.165) is 22.4 Å². The normalized spacial score (nSPS) is 24.2. The van der Waals surface area contributed by atoms with Gasteiger partial charge in [0, 0.05) is 28.9 Å². The average molecular weight is 391 g/mol. The van der Waals surface area contributed by atoms with E-state index in [1.807, 2.05) is 25.2 Å². The lowest BCUT2D eigenvalue weighted by atomic mass is 9.88. The zero-order valence-corrected chi connectivity index (χ0v) is 17.0. The van der Waals surface area contributed by atoms with E-state index in [1.54, 1.807) is 11.3 Å². The number of carbonyl (C=O) groups is 1. The Morgan fingerprint density at radius 3 is 2.81 bits per heavy atom. The molecule has 1 aliphatic heterocycles. The molecule has 1 saturated heterocycles. The van der Waals surface area contributed by atoms with Crippen LogP contribution in [-0.2, 0) is 11.2 Å². The van der Waals surface area contributed by atoms with Crippen molar-refractivity contribution >= 4 is 38.9 Å². The fourth-order valence-electron chi connectivity index (χ4n) is 4.71. The second-order valence-electron chi connectivity index (χ2n) is 7.75. The summed E-state index contributed by atoms with van der Waals surface area (Å²) in [5.74, 6) is 0.237. The third kappa shape index (κ3) is 3.64. The fraction of sp³-hybridized carbons (Fsp3) is 0.571. The Labute approximate surface area is 164 Å². The van der Waals surface area contributed by atoms with Crippen molar-refractivity contribution in [1.82, 2.24) is 9.80 Å². The molecule has 0 radical (unpaired) electrons. The van der Waals surface area contributed by atoms with Gasteiger partial charge >= 0.3 is 0 Å². The van der Waals surface area contributed by atoms with E-state index < -0.39 is 0 Å². The molecule has 1 aliphatic carbocycles. The predicted molar refractivity (Wildman–Crippen MR) is 110 cm³/mol. The number of rotatable bonds is 4. The first-order valence-corrected chi connectivity index (χ1v) is 11.0. The largest absolute Gasteiger partial charge is 0.341 e. The second kappa shape index (κ2) is 7.87. The SMILES string of the molecule is CN(C(=O)Cc1csc2ccc(Cl)cc12)C1CCCCC1N1CCCC1. The van der Waals surface area contributed by atoms with Gasteiger partial charge in [0.15, 0.2) is 0 Å². The molecule has 26 heavy (non-hydrogen) atoms. The molecule has 2 atom stereocenters. The van der Waals surface area contributed by atoms with E-state index in [2.05, 4.69) is 15.2 Å². The summed E-state index contributed by atoms with van der Waals surface area (Å²) < 4.78 is 1.20. The summed E-state index contributed by atoms with van der Waals surface area (Å²) in [5.41, 5.74) is 1.11. The van der Waals surface area contributed by atoms with Gasteiger partial charge < -0.3 is 4.90 Å². The molecule has 0 bridgehead atoms. The van der Waals surface area contributed by atoms with Crippen LogP contribution >= 0.6 is 22.9 Å². The van der Waals surface area contributed by atoms with E-state index in [0.29, 0.717) is 18.5 Å². The van der Waals surface area contributed by atoms with Gasteiger partial charge in [-0.1, -0.05) is 24.4 Å². The van der Waals surface area contributed by atoms with Gasteiger partial charge in [-0.2, -0.15) is 0 Å². The monoisotopic (exact) mass is 390 g/mol. The number of nitrogens with zero attached hydrogens (tertiary/aromatic N) is 2. The highest BCUT2D eigenvalue weighted by Crippen LogP contribution is 2.31. The molecule has 1 amide bonds. The van der Waals surface area contributed by atoms with Gasteiger partial charge in [0.2, 0.25) is 5.91 Å². The van der Waals surface area contributed by atoms with Crippen LogP contribution in [-0.4, -0.2) is 47.9 Å². The maximum atomic E-state index is 13.1. The predicted octanol–water partition coefficient (Wildman–Crippen LogP) is 4.96. The molecule has 1 aromatic heterocycles. The maximum absolute atomic E-state index is 13.1. The molecule has 5 heteroatoms. The van der Waals surface area contributed by atoms with Crippen LogP contribution in [0, 0.1) is 0 Å². The molecule has 1 saturated carbocycles. The summed E-state index contributed by atoms with van der Waals surface area (Å²) >= 11 is 7.86. The lowest BCUT2D eigenvalue weighted by Gasteiger charge is -2.42. The minimum atomic E-state index is 0.237. The number of hydrogen-bond acceptors (Lipinski definition) is 3. The highest BCUT2D eigenvalue weighted by Gasteiger charge is 2.35. The van der Waals surface area contributed by atoms with Crippen LogP contribution in [0.1, 0.15) is 44.1 Å². The first kappa shape index (κ1) is 18.3. The van der Waals surface area contributed by atoms with Crippen LogP contribution in [0.2, 0.25) is 5.02 Å². The molecule has 2 aliphatic rings. The summed E-state index contributed by atoms with van der Waals surface area (Å²) in [7, 11) is 2.02. The first-order valence-electron chi connectivity index (χ1n) is 9.79. The zero-order chi connectivity index (χ0) is 18.1. The van der Waals surface area contributed by atoms with Crippen molar-refractivity contribution in [2.75, 3.05) is 20.1 Å². The average Bonchev–Trinajstić information content (AvgIpc) is 3.31. The molecule has 2 aromatic rings. The molecular formula is C21H27ClN2OS. The maximum Gasteiger partial charge on any atom is 0.227 e. The van der Waals surface area contributed by atoms with Gasteiger partial charge in [0.05, 0.1) is 6.42 Å². The second-order valence-corrected chi connectivity index (χ2v) is 9.09. The first-order chi connectivity index (χ1) is 12.6. The molecule has 140 valence electrons. The van der Waals surface area contributed by atoms with Gasteiger partial charge in [-0.3, -0.25) is 9.69 Å². The van der Waals surface area contributed by atoms with E-state index in [-0.39, 0.29) is 5.91 Å². The Kier molecular flexibility index (Phi) is 5.53. The molecule has 0 spiro atoms. The number of hydrogen-bond donors (Lipinski definition) is 0. The lowest BCUT2D eigenvalue weighted by molar-refractivity contribution is -0.133. The summed E-state index contributed by atoms with van der Waals surface area (Å²) in [5, 5.41) is 3.98. The van der Waals surface area contributed by atoms with Crippen molar-refractivity contribution in [3.05, 3.63) is 34.2 Å². The molecule has 3 nitrogen and oxygen atoms in total. The van der Waals surface area contributed by atoms with Gasteiger partial charge in [-0.25, -0.2) is 0 Å². The highest BCUT2D eigenvalue weighted by molar-refractivity contribution is 7.17. The highest BCUT2D eigenvalue weighted by atomic mass is 35.5. The molecule has 2 heterocycles. The van der Waals surface area contributed by atoms with E-state index in [4.69, 9.17) is 11.6 Å². The number of thiophene rings is 1. The van der Waals surface area contributed by atoms with Crippen molar-refractivity contribution in [3.8, 4) is 0 Å². The number of carbonyl (C=O) groups excluding carboxylic acids is 1. The zero-order valence-electron chi connectivity index (χ0n) is 15.4. The minimum Gasteiger partial charge on any atom is -0.341 e. The van der Waals surface area contributed by atoms with E-state index >= 15 is 0 Å². The van der Waals surface area contributed by atoms with Crippen LogP contribution < -0.4 is 0 Å². The molecule has 2 unspecified atom stereocenters. The summed E-state index contributed by atoms with van der Waals surface area (Å²) in [6, 6.07) is 6.87. The van der Waals surface area contributed by atoms with Crippen LogP contribution in [0.25, 0.3) is 10.1 Å². The molecule has 2 fully saturated rings. The number of benzene rings is 1.